The van der Waals surface area contributed by atoms with Crippen molar-refractivity contribution in [1.82, 2.24) is 0 Å². The molecule has 0 aliphatic heterocycles. The molecule has 0 amide bonds. The van der Waals surface area contributed by atoms with E-state index < -0.39 is 6.10 Å². The van der Waals surface area contributed by atoms with E-state index in [-0.39, 0.29) is 31.1 Å². The van der Waals surface area contributed by atoms with Crippen molar-refractivity contribution in [3.05, 3.63) is 60.8 Å². The van der Waals surface area contributed by atoms with Gasteiger partial charge in [-0.1, -0.05) is 338 Å². The Balaban J connectivity index is 4.22. The lowest BCUT2D eigenvalue weighted by Gasteiger charge is -2.18. The lowest BCUT2D eigenvalue weighted by atomic mass is 10.0. The second-order valence-corrected chi connectivity index (χ2v) is 23.1. The normalized spacial score (nSPS) is 12.4. The molecule has 0 N–H and O–H groups in total. The first kappa shape index (κ1) is 75.1. The van der Waals surface area contributed by atoms with E-state index in [1.807, 2.05) is 0 Å². The third-order valence-electron chi connectivity index (χ3n) is 15.3. The van der Waals surface area contributed by atoms with Crippen molar-refractivity contribution in [2.45, 2.75) is 367 Å². The molecule has 6 nitrogen and oxygen atoms in total. The number of rotatable bonds is 63. The predicted octanol–water partition coefficient (Wildman–Crippen LogP) is 23.5. The lowest BCUT2D eigenvalue weighted by Crippen LogP contribution is -2.30. The standard InChI is InChI=1S/C72H130O6/c1-4-7-10-13-16-19-22-24-26-28-30-32-34-36-38-39-41-43-45-47-50-53-56-59-62-65-71(74)77-68-69(67-76-70(73)64-61-58-55-52-49-21-18-15-12-9-6-3)78-72(75)66-63-60-57-54-51-48-46-44-42-40-37-35-33-31-29-27-25-23-20-17-14-11-8-5-2/h7,10,16,19,24,26,30,32,36,38,69H,4-6,8-9,11-15,17-18,20-23,25,27-29,31,33-35,37,39-68H2,1-3H3/b10-7-,19-16-,26-24-,32-30-,38-36-. The van der Waals surface area contributed by atoms with E-state index in [2.05, 4.69) is 81.5 Å². The number of hydrogen-bond acceptors (Lipinski definition) is 6. The minimum atomic E-state index is -0.774. The van der Waals surface area contributed by atoms with Crippen LogP contribution in [-0.4, -0.2) is 37.2 Å². The first-order chi connectivity index (χ1) is 38.5. The fraction of sp³-hybridized carbons (Fsp3) is 0.819. The second-order valence-electron chi connectivity index (χ2n) is 23.1. The number of allylic oxidation sites excluding steroid dienone is 10. The number of unbranched alkanes of at least 4 members (excludes halogenated alkanes) is 42. The van der Waals surface area contributed by atoms with Gasteiger partial charge in [-0.15, -0.1) is 0 Å². The number of esters is 3. The fourth-order valence-electron chi connectivity index (χ4n) is 10.2. The molecule has 1 atom stereocenters. The average molecular weight is 1090 g/mol. The van der Waals surface area contributed by atoms with Crippen LogP contribution in [-0.2, 0) is 28.6 Å². The van der Waals surface area contributed by atoms with Crippen molar-refractivity contribution in [2.75, 3.05) is 13.2 Å². The Morgan fingerprint density at radius 3 is 0.782 bits per heavy atom. The molecule has 0 aliphatic rings. The molecular weight excluding hydrogens is 961 g/mol. The molecule has 454 valence electrons. The van der Waals surface area contributed by atoms with Crippen LogP contribution in [0.15, 0.2) is 60.8 Å². The third-order valence-corrected chi connectivity index (χ3v) is 15.3. The van der Waals surface area contributed by atoms with Crippen molar-refractivity contribution in [2.24, 2.45) is 0 Å². The second kappa shape index (κ2) is 66.6. The summed E-state index contributed by atoms with van der Waals surface area (Å²) < 4.78 is 17.0. The molecule has 0 heterocycles. The summed E-state index contributed by atoms with van der Waals surface area (Å²) in [5, 5.41) is 0. The van der Waals surface area contributed by atoms with E-state index in [9.17, 15) is 14.4 Å². The topological polar surface area (TPSA) is 78.9 Å². The van der Waals surface area contributed by atoms with Gasteiger partial charge in [0.15, 0.2) is 6.10 Å². The van der Waals surface area contributed by atoms with E-state index in [1.54, 1.807) is 0 Å². The van der Waals surface area contributed by atoms with Gasteiger partial charge >= 0.3 is 17.9 Å². The Morgan fingerprint density at radius 1 is 0.269 bits per heavy atom. The van der Waals surface area contributed by atoms with Crippen LogP contribution in [0.3, 0.4) is 0 Å². The summed E-state index contributed by atoms with van der Waals surface area (Å²) in [6.45, 7) is 6.57. The first-order valence-electron chi connectivity index (χ1n) is 34.3. The van der Waals surface area contributed by atoms with Crippen LogP contribution >= 0.6 is 0 Å². The maximum absolute atomic E-state index is 12.9. The van der Waals surface area contributed by atoms with Crippen LogP contribution in [0.4, 0.5) is 0 Å². The van der Waals surface area contributed by atoms with Gasteiger partial charge in [-0.05, 0) is 64.2 Å². The SMILES string of the molecule is CC/C=C\C/C=C\C/C=C\C/C=C\C/C=C\CCCCCCCCCCCC(=O)OCC(COC(=O)CCCCCCCCCCCCC)OC(=O)CCCCCCCCCCCCCCCCCCCCCCCCCC. The maximum atomic E-state index is 12.9. The van der Waals surface area contributed by atoms with Crippen LogP contribution in [0.1, 0.15) is 361 Å². The number of carbonyl (C=O) groups excluding carboxylic acids is 3. The molecule has 0 aromatic rings. The summed E-state index contributed by atoms with van der Waals surface area (Å²) in [4.78, 5) is 38.3. The third kappa shape index (κ3) is 63.9. The van der Waals surface area contributed by atoms with Crippen LogP contribution in [0.2, 0.25) is 0 Å². The summed E-state index contributed by atoms with van der Waals surface area (Å²) in [6, 6.07) is 0. The van der Waals surface area contributed by atoms with E-state index in [1.165, 1.54) is 225 Å². The Labute approximate surface area is 485 Å². The van der Waals surface area contributed by atoms with Gasteiger partial charge < -0.3 is 14.2 Å². The van der Waals surface area contributed by atoms with Crippen LogP contribution in [0.5, 0.6) is 0 Å². The van der Waals surface area contributed by atoms with Gasteiger partial charge in [0.25, 0.3) is 0 Å². The molecule has 1 unspecified atom stereocenters. The zero-order valence-corrected chi connectivity index (χ0v) is 52.2. The molecule has 78 heavy (non-hydrogen) atoms. The van der Waals surface area contributed by atoms with E-state index >= 15 is 0 Å². The summed E-state index contributed by atoms with van der Waals surface area (Å²) >= 11 is 0. The number of carbonyl (C=O) groups is 3. The molecule has 0 saturated carbocycles. The maximum Gasteiger partial charge on any atom is 0.306 e. The van der Waals surface area contributed by atoms with E-state index in [0.29, 0.717) is 19.3 Å². The molecule has 0 spiro atoms. The van der Waals surface area contributed by atoms with Crippen LogP contribution < -0.4 is 0 Å². The van der Waals surface area contributed by atoms with Crippen molar-refractivity contribution < 1.29 is 28.6 Å². The van der Waals surface area contributed by atoms with Crippen molar-refractivity contribution in [3.63, 3.8) is 0 Å². The summed E-state index contributed by atoms with van der Waals surface area (Å²) in [7, 11) is 0. The van der Waals surface area contributed by atoms with Gasteiger partial charge in [0.2, 0.25) is 0 Å². The zero-order valence-electron chi connectivity index (χ0n) is 52.2. The molecule has 0 radical (unpaired) electrons. The molecule has 0 aromatic carbocycles. The summed E-state index contributed by atoms with van der Waals surface area (Å²) in [6.07, 6.45) is 85.3. The summed E-state index contributed by atoms with van der Waals surface area (Å²) in [5.41, 5.74) is 0. The molecule has 0 aliphatic carbocycles. The minimum absolute atomic E-state index is 0.0707. The van der Waals surface area contributed by atoms with Crippen molar-refractivity contribution in [1.29, 1.82) is 0 Å². The lowest BCUT2D eigenvalue weighted by molar-refractivity contribution is -0.167. The molecule has 0 aromatic heterocycles. The van der Waals surface area contributed by atoms with Crippen molar-refractivity contribution >= 4 is 17.9 Å². The fourth-order valence-corrected chi connectivity index (χ4v) is 10.2. The molecule has 0 saturated heterocycles. The van der Waals surface area contributed by atoms with Gasteiger partial charge in [0.1, 0.15) is 13.2 Å². The highest BCUT2D eigenvalue weighted by Gasteiger charge is 2.19. The molecular formula is C72H130O6. The van der Waals surface area contributed by atoms with Gasteiger partial charge in [-0.3, -0.25) is 14.4 Å². The van der Waals surface area contributed by atoms with Crippen LogP contribution in [0, 0.1) is 0 Å². The van der Waals surface area contributed by atoms with Gasteiger partial charge in [-0.25, -0.2) is 0 Å². The quantitative estimate of drug-likeness (QED) is 0.0261. The van der Waals surface area contributed by atoms with Gasteiger partial charge in [0, 0.05) is 19.3 Å². The molecule has 0 rings (SSSR count). The van der Waals surface area contributed by atoms with Gasteiger partial charge in [0.05, 0.1) is 0 Å². The zero-order chi connectivity index (χ0) is 56.4. The number of hydrogen-bond donors (Lipinski definition) is 0. The predicted molar refractivity (Wildman–Crippen MR) is 339 cm³/mol. The Morgan fingerprint density at radius 2 is 0.500 bits per heavy atom. The van der Waals surface area contributed by atoms with Gasteiger partial charge in [-0.2, -0.15) is 0 Å². The van der Waals surface area contributed by atoms with Crippen molar-refractivity contribution in [3.8, 4) is 0 Å². The molecule has 0 fully saturated rings. The minimum Gasteiger partial charge on any atom is -0.462 e. The number of ether oxygens (including phenoxy) is 3. The average Bonchev–Trinajstić information content (AvgIpc) is 3.44. The Kier molecular flexibility index (Phi) is 64.2. The smallest absolute Gasteiger partial charge is 0.306 e. The highest BCUT2D eigenvalue weighted by atomic mass is 16.6. The highest BCUT2D eigenvalue weighted by Crippen LogP contribution is 2.18. The summed E-state index contributed by atoms with van der Waals surface area (Å²) in [5.74, 6) is -0.855. The Bertz CT molecular complexity index is 1390. The molecule has 6 heteroatoms. The molecule has 0 bridgehead atoms. The largest absolute Gasteiger partial charge is 0.462 e. The van der Waals surface area contributed by atoms with Crippen LogP contribution in [0.25, 0.3) is 0 Å². The highest BCUT2D eigenvalue weighted by molar-refractivity contribution is 5.71. The van der Waals surface area contributed by atoms with E-state index in [4.69, 9.17) is 14.2 Å². The Hall–Kier alpha value is -2.89. The van der Waals surface area contributed by atoms with E-state index in [0.717, 1.165) is 96.3 Å². The monoisotopic (exact) mass is 1090 g/mol. The first-order valence-corrected chi connectivity index (χ1v) is 34.3.